The highest BCUT2D eigenvalue weighted by Gasteiger charge is 2.43. The van der Waals surface area contributed by atoms with E-state index in [9.17, 15) is 9.59 Å². The molecule has 0 aliphatic rings. The molecule has 0 radical (unpaired) electrons. The first-order chi connectivity index (χ1) is 16.5. The van der Waals surface area contributed by atoms with Crippen molar-refractivity contribution in [2.24, 2.45) is 0 Å². The fourth-order valence-corrected chi connectivity index (χ4v) is 3.99. The van der Waals surface area contributed by atoms with Gasteiger partial charge < -0.3 is 9.47 Å². The Morgan fingerprint density at radius 1 is 0.500 bits per heavy atom. The lowest BCUT2D eigenvalue weighted by Gasteiger charge is -2.40. The van der Waals surface area contributed by atoms with E-state index in [0.29, 0.717) is 13.2 Å². The van der Waals surface area contributed by atoms with Gasteiger partial charge in [0.2, 0.25) is 0 Å². The minimum atomic E-state index is -0.627. The summed E-state index contributed by atoms with van der Waals surface area (Å²) in [5.74, 6) is -0.535. The molecule has 0 saturated carbocycles. The summed E-state index contributed by atoms with van der Waals surface area (Å²) in [4.78, 5) is 31.7. The van der Waals surface area contributed by atoms with Crippen LogP contribution in [0.25, 0.3) is 0 Å². The van der Waals surface area contributed by atoms with Crippen molar-refractivity contribution in [1.82, 2.24) is 9.80 Å². The van der Waals surface area contributed by atoms with Crippen LogP contribution in [-0.4, -0.2) is 73.2 Å². The third kappa shape index (κ3) is 13.7. The Morgan fingerprint density at radius 3 is 1.00 bits per heavy atom. The predicted octanol–water partition coefficient (Wildman–Crippen LogP) is 6.21. The van der Waals surface area contributed by atoms with Gasteiger partial charge in [-0.2, -0.15) is 0 Å². The minimum absolute atomic E-state index is 0.268. The van der Waals surface area contributed by atoms with Crippen molar-refractivity contribution in [2.45, 2.75) is 131 Å². The first-order valence-electron chi connectivity index (χ1n) is 14.3. The largest absolute Gasteiger partial charge is 0.464 e. The summed E-state index contributed by atoms with van der Waals surface area (Å²) in [5, 5.41) is 0. The molecule has 6 nitrogen and oxygen atoms in total. The smallest absolute Gasteiger partial charge is 0.325 e. The molecule has 0 aromatic heterocycles. The van der Waals surface area contributed by atoms with Gasteiger partial charge in [0.1, 0.15) is 12.1 Å². The van der Waals surface area contributed by atoms with Gasteiger partial charge in [0.15, 0.2) is 0 Å². The van der Waals surface area contributed by atoms with Crippen LogP contribution in [0.2, 0.25) is 0 Å². The molecule has 6 heteroatoms. The minimum Gasteiger partial charge on any atom is -0.464 e. The first-order valence-corrected chi connectivity index (χ1v) is 14.3. The standard InChI is InChI=1S/C28H56N2O4/c1-7-13-19-29(20-14-8-2)25(27(31)33-23-17-11-5)26(28(32)34-24-18-12-6)30(21-15-9-3)22-16-10-4/h25-26H,7-24H2,1-6H3. The maximum absolute atomic E-state index is 13.6. The summed E-state index contributed by atoms with van der Waals surface area (Å²) in [5.41, 5.74) is 0. The zero-order valence-electron chi connectivity index (χ0n) is 23.4. The van der Waals surface area contributed by atoms with Crippen LogP contribution in [0.5, 0.6) is 0 Å². The number of carbonyl (C=O) groups is 2. The third-order valence-corrected chi connectivity index (χ3v) is 6.25. The third-order valence-electron chi connectivity index (χ3n) is 6.25. The highest BCUT2D eigenvalue weighted by molar-refractivity contribution is 5.87. The van der Waals surface area contributed by atoms with E-state index in [1.54, 1.807) is 0 Å². The second-order valence-corrected chi connectivity index (χ2v) is 9.42. The van der Waals surface area contributed by atoms with E-state index in [-0.39, 0.29) is 11.9 Å². The van der Waals surface area contributed by atoms with Gasteiger partial charge in [-0.05, 0) is 64.7 Å². The summed E-state index contributed by atoms with van der Waals surface area (Å²) in [6.45, 7) is 16.8. The van der Waals surface area contributed by atoms with Crippen LogP contribution in [0.15, 0.2) is 0 Å². The Balaban J connectivity index is 6.26. The van der Waals surface area contributed by atoms with Crippen molar-refractivity contribution in [3.8, 4) is 0 Å². The van der Waals surface area contributed by atoms with Crippen LogP contribution >= 0.6 is 0 Å². The lowest BCUT2D eigenvalue weighted by molar-refractivity contribution is -0.165. The monoisotopic (exact) mass is 484 g/mol. The number of esters is 2. The lowest BCUT2D eigenvalue weighted by Crippen LogP contribution is -2.60. The van der Waals surface area contributed by atoms with E-state index in [4.69, 9.17) is 9.47 Å². The number of hydrogen-bond acceptors (Lipinski definition) is 6. The highest BCUT2D eigenvalue weighted by Crippen LogP contribution is 2.20. The molecule has 0 amide bonds. The van der Waals surface area contributed by atoms with Gasteiger partial charge in [0.05, 0.1) is 13.2 Å². The van der Waals surface area contributed by atoms with Crippen molar-refractivity contribution < 1.29 is 19.1 Å². The molecule has 0 N–H and O–H groups in total. The van der Waals surface area contributed by atoms with Gasteiger partial charge in [0.25, 0.3) is 0 Å². The predicted molar refractivity (Wildman–Crippen MR) is 142 cm³/mol. The molecule has 0 fully saturated rings. The molecule has 0 aromatic carbocycles. The molecule has 0 rings (SSSR count). The zero-order chi connectivity index (χ0) is 25.6. The maximum Gasteiger partial charge on any atom is 0.325 e. The Labute approximate surface area is 211 Å². The number of ether oxygens (including phenoxy) is 2. The van der Waals surface area contributed by atoms with Gasteiger partial charge in [-0.1, -0.05) is 80.1 Å². The molecular formula is C28H56N2O4. The van der Waals surface area contributed by atoms with Crippen LogP contribution < -0.4 is 0 Å². The van der Waals surface area contributed by atoms with E-state index in [1.165, 1.54) is 0 Å². The Hall–Kier alpha value is -1.14. The van der Waals surface area contributed by atoms with Gasteiger partial charge in [-0.15, -0.1) is 0 Å². The first kappa shape index (κ1) is 32.9. The molecule has 0 spiro atoms. The van der Waals surface area contributed by atoms with Gasteiger partial charge in [-0.25, -0.2) is 0 Å². The molecule has 0 heterocycles. The second-order valence-electron chi connectivity index (χ2n) is 9.42. The maximum atomic E-state index is 13.6. The van der Waals surface area contributed by atoms with E-state index in [0.717, 1.165) is 103 Å². The number of hydrogen-bond donors (Lipinski definition) is 0. The Morgan fingerprint density at radius 2 is 0.765 bits per heavy atom. The summed E-state index contributed by atoms with van der Waals surface area (Å²) in [7, 11) is 0. The summed E-state index contributed by atoms with van der Waals surface area (Å²) < 4.78 is 11.6. The summed E-state index contributed by atoms with van der Waals surface area (Å²) in [6.07, 6.45) is 11.7. The quantitative estimate of drug-likeness (QED) is 0.127. The Bertz CT molecular complexity index is 441. The number of carbonyl (C=O) groups excluding carboxylic acids is 2. The second kappa shape index (κ2) is 22.3. The normalized spacial score (nSPS) is 13.3. The van der Waals surface area contributed by atoms with Crippen LogP contribution in [0, 0.1) is 0 Å². The van der Waals surface area contributed by atoms with Gasteiger partial charge in [-0.3, -0.25) is 19.4 Å². The van der Waals surface area contributed by atoms with Gasteiger partial charge in [0, 0.05) is 0 Å². The highest BCUT2D eigenvalue weighted by atomic mass is 16.5. The van der Waals surface area contributed by atoms with Crippen LogP contribution in [-0.2, 0) is 19.1 Å². The molecule has 0 aromatic rings. The zero-order valence-corrected chi connectivity index (χ0v) is 23.4. The molecule has 2 atom stereocenters. The van der Waals surface area contributed by atoms with Crippen molar-refractivity contribution in [1.29, 1.82) is 0 Å². The molecule has 2 unspecified atom stereocenters. The molecule has 0 aliphatic heterocycles. The topological polar surface area (TPSA) is 59.1 Å². The molecule has 34 heavy (non-hydrogen) atoms. The van der Waals surface area contributed by atoms with Crippen LogP contribution in [0.4, 0.5) is 0 Å². The average molecular weight is 485 g/mol. The van der Waals surface area contributed by atoms with Crippen LogP contribution in [0.3, 0.4) is 0 Å². The molecule has 0 bridgehead atoms. The summed E-state index contributed by atoms with van der Waals surface area (Å²) in [6, 6.07) is -1.25. The number of rotatable bonds is 23. The molecule has 0 aliphatic carbocycles. The average Bonchev–Trinajstić information content (AvgIpc) is 2.83. The molecular weight excluding hydrogens is 428 g/mol. The SMILES string of the molecule is CCCCOC(=O)C(C(C(=O)OCCCC)N(CCCC)CCCC)N(CCCC)CCCC. The van der Waals surface area contributed by atoms with Gasteiger partial charge >= 0.3 is 11.9 Å². The van der Waals surface area contributed by atoms with Crippen LogP contribution in [0.1, 0.15) is 119 Å². The fraction of sp³-hybridized carbons (Fsp3) is 0.929. The van der Waals surface area contributed by atoms with E-state index >= 15 is 0 Å². The number of nitrogens with zero attached hydrogens (tertiary/aromatic N) is 2. The molecule has 0 saturated heterocycles. The Kier molecular flexibility index (Phi) is 21.6. The van der Waals surface area contributed by atoms with Crippen molar-refractivity contribution in [3.63, 3.8) is 0 Å². The van der Waals surface area contributed by atoms with E-state index in [2.05, 4.69) is 51.3 Å². The van der Waals surface area contributed by atoms with Crippen molar-refractivity contribution in [3.05, 3.63) is 0 Å². The molecule has 202 valence electrons. The van der Waals surface area contributed by atoms with Crippen molar-refractivity contribution >= 4 is 11.9 Å². The number of unbranched alkanes of at least 4 members (excludes halogenated alkanes) is 6. The summed E-state index contributed by atoms with van der Waals surface area (Å²) >= 11 is 0. The van der Waals surface area contributed by atoms with E-state index < -0.39 is 12.1 Å². The fourth-order valence-electron chi connectivity index (χ4n) is 3.99. The lowest BCUT2D eigenvalue weighted by atomic mass is 10.0. The van der Waals surface area contributed by atoms with Crippen molar-refractivity contribution in [2.75, 3.05) is 39.4 Å². The van der Waals surface area contributed by atoms with E-state index in [1.807, 2.05) is 0 Å².